The number of hydrogen-bond donors (Lipinski definition) is 1. The molecular weight excluding hydrogens is 307 g/mol. The zero-order chi connectivity index (χ0) is 16.1. The van der Waals surface area contributed by atoms with Crippen LogP contribution >= 0.6 is 11.6 Å². The molecule has 2 rings (SSSR count). The molecule has 1 amide bonds. The Kier molecular flexibility index (Phi) is 5.27. The molecule has 0 unspecified atom stereocenters. The third-order valence-corrected chi connectivity index (χ3v) is 3.39. The van der Waals surface area contributed by atoms with Crippen molar-refractivity contribution in [2.45, 2.75) is 13.8 Å². The van der Waals surface area contributed by atoms with E-state index in [2.05, 4.69) is 15.3 Å². The minimum Gasteiger partial charge on any atom is -0.341 e. The maximum atomic E-state index is 13.1. The summed E-state index contributed by atoms with van der Waals surface area (Å²) in [6.07, 6.45) is 1.53. The molecule has 0 atom stereocenters. The molecule has 5 nitrogen and oxygen atoms in total. The molecule has 0 aliphatic rings. The molecule has 0 spiro atoms. The summed E-state index contributed by atoms with van der Waals surface area (Å²) in [6.45, 7) is 5.46. The number of carbonyl (C=O) groups excluding carboxylic acids is 1. The molecule has 116 valence electrons. The van der Waals surface area contributed by atoms with Gasteiger partial charge in [0.25, 0.3) is 5.91 Å². The van der Waals surface area contributed by atoms with Crippen LogP contribution in [-0.4, -0.2) is 29.0 Å². The molecule has 7 heteroatoms. The summed E-state index contributed by atoms with van der Waals surface area (Å²) in [5.74, 6) is -0.446. The minimum atomic E-state index is -0.537. The lowest BCUT2D eigenvalue weighted by Gasteiger charge is -2.18. The first-order chi connectivity index (χ1) is 10.5. The highest BCUT2D eigenvalue weighted by Gasteiger charge is 2.12. The van der Waals surface area contributed by atoms with E-state index < -0.39 is 11.7 Å². The van der Waals surface area contributed by atoms with Crippen LogP contribution in [0.3, 0.4) is 0 Å². The molecule has 0 fully saturated rings. The van der Waals surface area contributed by atoms with E-state index in [0.29, 0.717) is 11.6 Å². The Morgan fingerprint density at radius 3 is 2.68 bits per heavy atom. The van der Waals surface area contributed by atoms with Gasteiger partial charge in [-0.25, -0.2) is 14.4 Å². The summed E-state index contributed by atoms with van der Waals surface area (Å²) in [7, 11) is 0. The Morgan fingerprint density at radius 1 is 1.32 bits per heavy atom. The third kappa shape index (κ3) is 3.71. The lowest BCUT2D eigenvalue weighted by molar-refractivity contribution is 0.102. The topological polar surface area (TPSA) is 58.1 Å². The van der Waals surface area contributed by atoms with Gasteiger partial charge >= 0.3 is 0 Å². The van der Waals surface area contributed by atoms with Gasteiger partial charge < -0.3 is 10.2 Å². The van der Waals surface area contributed by atoms with Crippen molar-refractivity contribution in [3.05, 3.63) is 47.0 Å². The molecule has 0 aliphatic heterocycles. The summed E-state index contributed by atoms with van der Waals surface area (Å²) >= 11 is 5.69. The van der Waals surface area contributed by atoms with Gasteiger partial charge in [-0.2, -0.15) is 0 Å². The Balaban J connectivity index is 2.18. The van der Waals surface area contributed by atoms with E-state index in [1.807, 2.05) is 18.7 Å². The Hall–Kier alpha value is -2.21. The fraction of sp³-hybridized carbons (Fsp3) is 0.267. The van der Waals surface area contributed by atoms with Gasteiger partial charge in [-0.3, -0.25) is 4.79 Å². The van der Waals surface area contributed by atoms with E-state index >= 15 is 0 Å². The number of amides is 1. The van der Waals surface area contributed by atoms with Crippen molar-refractivity contribution in [2.24, 2.45) is 0 Å². The molecule has 22 heavy (non-hydrogen) atoms. The second-order valence-electron chi connectivity index (χ2n) is 4.50. The SMILES string of the molecule is CCN(CC)c1nccc(C(=O)Nc2ccc(F)c(Cl)c2)n1. The molecule has 0 radical (unpaired) electrons. The number of aromatic nitrogens is 2. The highest BCUT2D eigenvalue weighted by molar-refractivity contribution is 6.31. The molecular formula is C15H16ClFN4O. The zero-order valence-corrected chi connectivity index (χ0v) is 13.1. The van der Waals surface area contributed by atoms with Crippen LogP contribution in [0, 0.1) is 5.82 Å². The van der Waals surface area contributed by atoms with E-state index in [0.717, 1.165) is 13.1 Å². The van der Waals surface area contributed by atoms with Crippen LogP contribution < -0.4 is 10.2 Å². The molecule has 0 aliphatic carbocycles. The number of rotatable bonds is 5. The van der Waals surface area contributed by atoms with E-state index in [1.54, 1.807) is 0 Å². The van der Waals surface area contributed by atoms with E-state index in [-0.39, 0.29) is 10.7 Å². The summed E-state index contributed by atoms with van der Waals surface area (Å²) < 4.78 is 13.1. The second kappa shape index (κ2) is 7.17. The smallest absolute Gasteiger partial charge is 0.274 e. The zero-order valence-electron chi connectivity index (χ0n) is 12.3. The lowest BCUT2D eigenvalue weighted by atomic mass is 10.3. The highest BCUT2D eigenvalue weighted by Crippen LogP contribution is 2.20. The Labute approximate surface area is 133 Å². The van der Waals surface area contributed by atoms with Crippen molar-refractivity contribution in [1.82, 2.24) is 9.97 Å². The number of halogens is 2. The van der Waals surface area contributed by atoms with Gasteiger partial charge in [-0.1, -0.05) is 11.6 Å². The van der Waals surface area contributed by atoms with E-state index in [9.17, 15) is 9.18 Å². The lowest BCUT2D eigenvalue weighted by Crippen LogP contribution is -2.25. The van der Waals surface area contributed by atoms with Crippen molar-refractivity contribution < 1.29 is 9.18 Å². The minimum absolute atomic E-state index is 0.0516. The van der Waals surface area contributed by atoms with Crippen molar-refractivity contribution in [1.29, 1.82) is 0 Å². The first kappa shape index (κ1) is 16.2. The predicted molar refractivity (Wildman–Crippen MR) is 85.0 cm³/mol. The fourth-order valence-corrected chi connectivity index (χ4v) is 2.08. The standard InChI is InChI=1S/C15H16ClFN4O/c1-3-21(4-2)15-18-8-7-13(20-15)14(22)19-10-5-6-12(17)11(16)9-10/h5-9H,3-4H2,1-2H3,(H,19,22). The average Bonchev–Trinajstić information content (AvgIpc) is 2.52. The van der Waals surface area contributed by atoms with Gasteiger partial charge in [0, 0.05) is 25.0 Å². The fourth-order valence-electron chi connectivity index (χ4n) is 1.90. The number of nitrogens with zero attached hydrogens (tertiary/aromatic N) is 3. The average molecular weight is 323 g/mol. The van der Waals surface area contributed by atoms with Crippen LogP contribution in [0.2, 0.25) is 5.02 Å². The predicted octanol–water partition coefficient (Wildman–Crippen LogP) is 3.37. The van der Waals surface area contributed by atoms with Crippen LogP contribution in [0.25, 0.3) is 0 Å². The van der Waals surface area contributed by atoms with Crippen LogP contribution in [0.1, 0.15) is 24.3 Å². The number of benzene rings is 1. The van der Waals surface area contributed by atoms with E-state index in [4.69, 9.17) is 11.6 Å². The van der Waals surface area contributed by atoms with Crippen molar-refractivity contribution in [2.75, 3.05) is 23.3 Å². The summed E-state index contributed by atoms with van der Waals surface area (Å²) in [5, 5.41) is 2.58. The molecule has 1 aromatic carbocycles. The number of hydrogen-bond acceptors (Lipinski definition) is 4. The largest absolute Gasteiger partial charge is 0.341 e. The molecule has 0 saturated heterocycles. The van der Waals surface area contributed by atoms with Crippen LogP contribution in [0.5, 0.6) is 0 Å². The van der Waals surface area contributed by atoms with Crippen LogP contribution in [-0.2, 0) is 0 Å². The first-order valence-electron chi connectivity index (χ1n) is 6.89. The van der Waals surface area contributed by atoms with Gasteiger partial charge in [-0.15, -0.1) is 0 Å². The summed E-state index contributed by atoms with van der Waals surface area (Å²) in [5.41, 5.74) is 0.636. The van der Waals surface area contributed by atoms with Crippen molar-refractivity contribution in [3.63, 3.8) is 0 Å². The second-order valence-corrected chi connectivity index (χ2v) is 4.90. The molecule has 1 N–H and O–H groups in total. The molecule has 1 heterocycles. The van der Waals surface area contributed by atoms with Gasteiger partial charge in [0.05, 0.1) is 5.02 Å². The first-order valence-corrected chi connectivity index (χ1v) is 7.27. The summed E-state index contributed by atoms with van der Waals surface area (Å²) in [6, 6.07) is 5.50. The van der Waals surface area contributed by atoms with Crippen molar-refractivity contribution in [3.8, 4) is 0 Å². The van der Waals surface area contributed by atoms with Crippen LogP contribution in [0.4, 0.5) is 16.0 Å². The Morgan fingerprint density at radius 2 is 2.05 bits per heavy atom. The quantitative estimate of drug-likeness (QED) is 0.917. The van der Waals surface area contributed by atoms with Gasteiger partial charge in [0.1, 0.15) is 11.5 Å². The molecule has 0 saturated carbocycles. The number of carbonyl (C=O) groups is 1. The van der Waals surface area contributed by atoms with Gasteiger partial charge in [0.2, 0.25) is 5.95 Å². The highest BCUT2D eigenvalue weighted by atomic mass is 35.5. The van der Waals surface area contributed by atoms with Crippen molar-refractivity contribution >= 4 is 29.1 Å². The number of nitrogens with one attached hydrogen (secondary N) is 1. The molecule has 1 aromatic heterocycles. The molecule has 0 bridgehead atoms. The van der Waals surface area contributed by atoms with Crippen LogP contribution in [0.15, 0.2) is 30.5 Å². The monoisotopic (exact) mass is 322 g/mol. The van der Waals surface area contributed by atoms with Gasteiger partial charge in [-0.05, 0) is 38.1 Å². The van der Waals surface area contributed by atoms with E-state index in [1.165, 1.54) is 30.5 Å². The maximum absolute atomic E-state index is 13.1. The summed E-state index contributed by atoms with van der Waals surface area (Å²) in [4.78, 5) is 22.5. The maximum Gasteiger partial charge on any atom is 0.274 e. The normalized spacial score (nSPS) is 10.4. The molecule has 2 aromatic rings. The van der Waals surface area contributed by atoms with Gasteiger partial charge in [0.15, 0.2) is 0 Å². The third-order valence-electron chi connectivity index (χ3n) is 3.10. The number of anilines is 2. The Bertz CT molecular complexity index is 676.